The molecule has 0 radical (unpaired) electrons. The van der Waals surface area contributed by atoms with Crippen LogP contribution in [0.3, 0.4) is 0 Å². The maximum absolute atomic E-state index is 12.6. The number of benzene rings is 1. The van der Waals surface area contributed by atoms with E-state index >= 15 is 0 Å². The van der Waals surface area contributed by atoms with E-state index in [9.17, 15) is 4.79 Å². The van der Waals surface area contributed by atoms with Crippen molar-refractivity contribution < 1.29 is 9.21 Å². The molecule has 1 fully saturated rings. The monoisotopic (exact) mass is 280 g/mol. The number of carbonyl (C=O) groups is 1. The van der Waals surface area contributed by atoms with Gasteiger partial charge in [0.1, 0.15) is 0 Å². The van der Waals surface area contributed by atoms with Crippen LogP contribution in [0.1, 0.15) is 29.0 Å². The zero-order valence-electron chi connectivity index (χ0n) is 11.6. The summed E-state index contributed by atoms with van der Waals surface area (Å²) in [5.41, 5.74) is 2.27. The van der Waals surface area contributed by atoms with Crippen LogP contribution in [-0.2, 0) is 6.54 Å². The van der Waals surface area contributed by atoms with E-state index in [0.29, 0.717) is 18.3 Å². The quantitative estimate of drug-likeness (QED) is 0.794. The highest BCUT2D eigenvalue weighted by Crippen LogP contribution is 2.31. The summed E-state index contributed by atoms with van der Waals surface area (Å²) in [5.74, 6) is 0.401. The summed E-state index contributed by atoms with van der Waals surface area (Å²) in [6.07, 6.45) is 5.64. The van der Waals surface area contributed by atoms with Gasteiger partial charge in [-0.3, -0.25) is 4.79 Å². The Bertz CT molecular complexity index is 769. The fourth-order valence-electron chi connectivity index (χ4n) is 2.77. The molecule has 4 heteroatoms. The molecule has 106 valence electrons. The molecule has 4 rings (SSSR count). The van der Waals surface area contributed by atoms with E-state index in [1.807, 2.05) is 17.2 Å². The molecule has 0 saturated heterocycles. The Labute approximate surface area is 122 Å². The second kappa shape index (κ2) is 4.81. The molecule has 0 bridgehead atoms. The second-order valence-electron chi connectivity index (χ2n) is 5.50. The van der Waals surface area contributed by atoms with Gasteiger partial charge in [-0.05, 0) is 42.7 Å². The average Bonchev–Trinajstić information content (AvgIpc) is 3.02. The molecule has 2 heterocycles. The number of nitrogens with one attached hydrogen (secondary N) is 1. The lowest BCUT2D eigenvalue weighted by Gasteiger charge is -2.21. The first kappa shape index (κ1) is 12.3. The van der Waals surface area contributed by atoms with Crippen molar-refractivity contribution in [3.05, 3.63) is 60.2 Å². The van der Waals surface area contributed by atoms with Crippen molar-refractivity contribution in [3.63, 3.8) is 0 Å². The predicted molar refractivity (Wildman–Crippen MR) is 79.9 cm³/mol. The summed E-state index contributed by atoms with van der Waals surface area (Å²) in [4.78, 5) is 17.7. The fraction of sp³-hybridized carbons (Fsp3) is 0.235. The van der Waals surface area contributed by atoms with Crippen molar-refractivity contribution in [2.45, 2.75) is 25.4 Å². The van der Waals surface area contributed by atoms with Crippen LogP contribution < -0.4 is 0 Å². The van der Waals surface area contributed by atoms with Gasteiger partial charge in [-0.25, -0.2) is 0 Å². The first-order chi connectivity index (χ1) is 10.3. The van der Waals surface area contributed by atoms with Gasteiger partial charge in [0.2, 0.25) is 0 Å². The van der Waals surface area contributed by atoms with Gasteiger partial charge < -0.3 is 14.3 Å². The van der Waals surface area contributed by atoms with Crippen molar-refractivity contribution in [3.8, 4) is 0 Å². The van der Waals surface area contributed by atoms with Gasteiger partial charge in [-0.1, -0.05) is 12.1 Å². The number of aromatic nitrogens is 1. The second-order valence-corrected chi connectivity index (χ2v) is 5.50. The first-order valence-corrected chi connectivity index (χ1v) is 7.22. The number of rotatable bonds is 4. The molecule has 3 aromatic rings. The van der Waals surface area contributed by atoms with E-state index in [4.69, 9.17) is 4.42 Å². The standard InChI is InChI=1S/C17H16N2O2/c20-17(16-5-2-10-21-16)19(13-6-7-13)11-12-3-1-4-15-14(12)8-9-18-15/h1-5,8-10,13,18H,6-7,11H2. The van der Waals surface area contributed by atoms with Crippen molar-refractivity contribution >= 4 is 16.8 Å². The van der Waals surface area contributed by atoms with Gasteiger partial charge in [0, 0.05) is 29.7 Å². The Kier molecular flexibility index (Phi) is 2.81. The highest BCUT2D eigenvalue weighted by Gasteiger charge is 2.34. The van der Waals surface area contributed by atoms with E-state index in [-0.39, 0.29) is 5.91 Å². The first-order valence-electron chi connectivity index (χ1n) is 7.22. The molecular weight excluding hydrogens is 264 g/mol. The van der Waals surface area contributed by atoms with Crippen LogP contribution in [-0.4, -0.2) is 21.8 Å². The van der Waals surface area contributed by atoms with E-state index in [1.54, 1.807) is 18.4 Å². The largest absolute Gasteiger partial charge is 0.459 e. The van der Waals surface area contributed by atoms with E-state index in [1.165, 1.54) is 10.9 Å². The minimum atomic E-state index is -0.0185. The third kappa shape index (κ3) is 2.23. The topological polar surface area (TPSA) is 49.2 Å². The van der Waals surface area contributed by atoms with Crippen LogP contribution in [0.15, 0.2) is 53.3 Å². The molecule has 0 unspecified atom stereocenters. The van der Waals surface area contributed by atoms with Crippen LogP contribution in [0, 0.1) is 0 Å². The Morgan fingerprint density at radius 1 is 1.24 bits per heavy atom. The minimum Gasteiger partial charge on any atom is -0.459 e. The highest BCUT2D eigenvalue weighted by atomic mass is 16.3. The molecule has 0 atom stereocenters. The molecule has 0 spiro atoms. The molecule has 0 aliphatic heterocycles. The molecule has 4 nitrogen and oxygen atoms in total. The van der Waals surface area contributed by atoms with Gasteiger partial charge in [0.15, 0.2) is 5.76 Å². The van der Waals surface area contributed by atoms with Crippen molar-refractivity contribution in [1.29, 1.82) is 0 Å². The third-order valence-electron chi connectivity index (χ3n) is 4.01. The molecule has 2 aromatic heterocycles. The normalized spacial score (nSPS) is 14.5. The van der Waals surface area contributed by atoms with E-state index < -0.39 is 0 Å². The van der Waals surface area contributed by atoms with Crippen molar-refractivity contribution in [1.82, 2.24) is 9.88 Å². The van der Waals surface area contributed by atoms with Crippen LogP contribution in [0.25, 0.3) is 10.9 Å². The maximum atomic E-state index is 12.6. The van der Waals surface area contributed by atoms with Gasteiger partial charge in [0.05, 0.1) is 6.26 Å². The number of nitrogens with zero attached hydrogens (tertiary/aromatic N) is 1. The molecular formula is C17H16N2O2. The number of carbonyl (C=O) groups excluding carboxylic acids is 1. The maximum Gasteiger partial charge on any atom is 0.290 e. The van der Waals surface area contributed by atoms with Gasteiger partial charge in [-0.15, -0.1) is 0 Å². The molecule has 1 amide bonds. The van der Waals surface area contributed by atoms with Crippen LogP contribution in [0.2, 0.25) is 0 Å². The number of furan rings is 1. The number of hydrogen-bond donors (Lipinski definition) is 1. The fourth-order valence-corrected chi connectivity index (χ4v) is 2.77. The van der Waals surface area contributed by atoms with Crippen LogP contribution in [0.5, 0.6) is 0 Å². The molecule has 1 N–H and O–H groups in total. The number of H-pyrrole nitrogens is 1. The molecule has 1 aliphatic rings. The summed E-state index contributed by atoms with van der Waals surface area (Å²) in [6.45, 7) is 0.624. The summed E-state index contributed by atoms with van der Waals surface area (Å²) in [5, 5.41) is 1.18. The predicted octanol–water partition coefficient (Wildman–Crippen LogP) is 3.57. The van der Waals surface area contributed by atoms with Crippen LogP contribution in [0.4, 0.5) is 0 Å². The number of hydrogen-bond acceptors (Lipinski definition) is 2. The Balaban J connectivity index is 1.66. The Morgan fingerprint density at radius 2 is 2.14 bits per heavy atom. The molecule has 1 saturated carbocycles. The summed E-state index contributed by atoms with van der Waals surface area (Å²) < 4.78 is 5.27. The summed E-state index contributed by atoms with van der Waals surface area (Å²) >= 11 is 0. The average molecular weight is 280 g/mol. The number of aromatic amines is 1. The smallest absolute Gasteiger partial charge is 0.290 e. The number of fused-ring (bicyclic) bond motifs is 1. The molecule has 1 aromatic carbocycles. The minimum absolute atomic E-state index is 0.0185. The van der Waals surface area contributed by atoms with E-state index in [0.717, 1.165) is 18.4 Å². The van der Waals surface area contributed by atoms with Crippen molar-refractivity contribution in [2.75, 3.05) is 0 Å². The third-order valence-corrected chi connectivity index (χ3v) is 4.01. The van der Waals surface area contributed by atoms with Gasteiger partial charge in [0.25, 0.3) is 5.91 Å². The zero-order valence-corrected chi connectivity index (χ0v) is 11.6. The van der Waals surface area contributed by atoms with E-state index in [2.05, 4.69) is 23.2 Å². The SMILES string of the molecule is O=C(c1ccco1)N(Cc1cccc2[nH]ccc12)C1CC1. The lowest BCUT2D eigenvalue weighted by atomic mass is 10.1. The molecule has 21 heavy (non-hydrogen) atoms. The number of amides is 1. The lowest BCUT2D eigenvalue weighted by Crippen LogP contribution is -2.32. The highest BCUT2D eigenvalue weighted by molar-refractivity contribution is 5.92. The lowest BCUT2D eigenvalue weighted by molar-refractivity contribution is 0.0698. The Hall–Kier alpha value is -2.49. The Morgan fingerprint density at radius 3 is 2.90 bits per heavy atom. The van der Waals surface area contributed by atoms with Crippen molar-refractivity contribution in [2.24, 2.45) is 0 Å². The molecule has 1 aliphatic carbocycles. The zero-order chi connectivity index (χ0) is 14.2. The van der Waals surface area contributed by atoms with Gasteiger partial charge in [-0.2, -0.15) is 0 Å². The summed E-state index contributed by atoms with van der Waals surface area (Å²) in [6, 6.07) is 12.1. The summed E-state index contributed by atoms with van der Waals surface area (Å²) in [7, 11) is 0. The van der Waals surface area contributed by atoms with Crippen LogP contribution >= 0.6 is 0 Å². The van der Waals surface area contributed by atoms with Gasteiger partial charge >= 0.3 is 0 Å².